The highest BCUT2D eigenvalue weighted by Crippen LogP contribution is 2.29. The Labute approximate surface area is 178 Å². The molecule has 4 rings (SSSR count). The molecule has 2 saturated heterocycles. The Bertz CT molecular complexity index is 833. The van der Waals surface area contributed by atoms with E-state index < -0.39 is 9.84 Å². The van der Waals surface area contributed by atoms with Gasteiger partial charge in [0.05, 0.1) is 18.1 Å². The minimum Gasteiger partial charge on any atom is -0.369 e. The zero-order chi connectivity index (χ0) is 20.4. The number of halogens is 1. The van der Waals surface area contributed by atoms with Crippen molar-refractivity contribution in [2.45, 2.75) is 44.2 Å². The van der Waals surface area contributed by atoms with Gasteiger partial charge in [-0.15, -0.1) is 0 Å². The molecule has 3 fully saturated rings. The molecule has 8 heteroatoms. The van der Waals surface area contributed by atoms with Crippen LogP contribution < -0.4 is 4.90 Å². The molecule has 0 aromatic heterocycles. The van der Waals surface area contributed by atoms with E-state index in [4.69, 9.17) is 11.6 Å². The van der Waals surface area contributed by atoms with Crippen molar-refractivity contribution in [3.05, 3.63) is 29.3 Å². The van der Waals surface area contributed by atoms with Crippen LogP contribution in [-0.4, -0.2) is 80.4 Å². The molecule has 6 nitrogen and oxygen atoms in total. The molecule has 1 unspecified atom stereocenters. The van der Waals surface area contributed by atoms with E-state index in [1.165, 1.54) is 0 Å². The molecule has 0 N–H and O–H groups in total. The molecule has 1 aliphatic carbocycles. The number of hydrogen-bond acceptors (Lipinski definition) is 5. The Morgan fingerprint density at radius 3 is 2.41 bits per heavy atom. The second kappa shape index (κ2) is 8.82. The summed E-state index contributed by atoms with van der Waals surface area (Å²) in [6, 6.07) is 7.96. The molecule has 160 valence electrons. The lowest BCUT2D eigenvalue weighted by atomic mass is 10.1. The van der Waals surface area contributed by atoms with Crippen molar-refractivity contribution in [2.75, 3.05) is 49.1 Å². The van der Waals surface area contributed by atoms with Gasteiger partial charge in [-0.3, -0.25) is 9.69 Å². The first kappa shape index (κ1) is 20.9. The lowest BCUT2D eigenvalue weighted by Gasteiger charge is -2.39. The molecule has 1 atom stereocenters. The molecule has 29 heavy (non-hydrogen) atoms. The lowest BCUT2D eigenvalue weighted by molar-refractivity contribution is -0.137. The highest BCUT2D eigenvalue weighted by molar-refractivity contribution is 7.91. The van der Waals surface area contributed by atoms with Gasteiger partial charge in [0.25, 0.3) is 0 Å². The summed E-state index contributed by atoms with van der Waals surface area (Å²) in [5.41, 5.74) is 1.12. The maximum Gasteiger partial charge on any atom is 0.237 e. The van der Waals surface area contributed by atoms with Gasteiger partial charge in [-0.05, 0) is 37.5 Å². The number of benzene rings is 1. The summed E-state index contributed by atoms with van der Waals surface area (Å²) in [7, 11) is -3.00. The number of anilines is 1. The Hall–Kier alpha value is -1.31. The van der Waals surface area contributed by atoms with Crippen LogP contribution in [0.25, 0.3) is 0 Å². The molecule has 2 aliphatic heterocycles. The van der Waals surface area contributed by atoms with Gasteiger partial charge in [0.2, 0.25) is 5.91 Å². The van der Waals surface area contributed by atoms with Crippen LogP contribution in [0.2, 0.25) is 5.02 Å². The van der Waals surface area contributed by atoms with E-state index in [1.54, 1.807) is 0 Å². The fourth-order valence-electron chi connectivity index (χ4n) is 4.99. The third kappa shape index (κ3) is 5.06. The Morgan fingerprint density at radius 2 is 1.79 bits per heavy atom. The minimum atomic E-state index is -3.00. The van der Waals surface area contributed by atoms with Crippen molar-refractivity contribution in [3.8, 4) is 0 Å². The van der Waals surface area contributed by atoms with Crippen LogP contribution in [0.1, 0.15) is 32.1 Å². The summed E-state index contributed by atoms with van der Waals surface area (Å²) in [6.07, 6.45) is 4.86. The summed E-state index contributed by atoms with van der Waals surface area (Å²) in [5.74, 6) is 0.458. The van der Waals surface area contributed by atoms with Gasteiger partial charge in [-0.25, -0.2) is 8.42 Å². The van der Waals surface area contributed by atoms with Gasteiger partial charge in [0, 0.05) is 49.0 Å². The van der Waals surface area contributed by atoms with Crippen molar-refractivity contribution < 1.29 is 13.2 Å². The average Bonchev–Trinajstić information content (AvgIpc) is 3.33. The molecule has 2 heterocycles. The number of carbonyl (C=O) groups excluding carboxylic acids is 1. The predicted octanol–water partition coefficient (Wildman–Crippen LogP) is 2.42. The Morgan fingerprint density at radius 1 is 1.07 bits per heavy atom. The summed E-state index contributed by atoms with van der Waals surface area (Å²) in [5, 5.41) is 0.735. The van der Waals surface area contributed by atoms with Gasteiger partial charge < -0.3 is 9.80 Å². The highest BCUT2D eigenvalue weighted by Gasteiger charge is 2.39. The Kier molecular flexibility index (Phi) is 6.37. The second-order valence-corrected chi connectivity index (χ2v) is 11.2. The zero-order valence-electron chi connectivity index (χ0n) is 16.8. The SMILES string of the molecule is O=C(CN1CCN(c2cccc(Cl)c2)CC1)N(C1CCCC1)C1CCS(=O)(=O)C1. The fraction of sp³-hybridized carbons (Fsp3) is 0.667. The van der Waals surface area contributed by atoms with Gasteiger partial charge >= 0.3 is 0 Å². The standard InChI is InChI=1S/C21H30ClN3O3S/c22-17-4-3-7-19(14-17)24-11-9-23(10-12-24)15-21(26)25(18-5-1-2-6-18)20-8-13-29(27,28)16-20/h3-4,7,14,18,20H,1-2,5-6,8-13,15-16H2. The van der Waals surface area contributed by atoms with E-state index in [0.717, 1.165) is 62.6 Å². The first-order valence-electron chi connectivity index (χ1n) is 10.7. The van der Waals surface area contributed by atoms with Crippen LogP contribution >= 0.6 is 11.6 Å². The van der Waals surface area contributed by atoms with Gasteiger partial charge in [0.1, 0.15) is 0 Å². The highest BCUT2D eigenvalue weighted by atomic mass is 35.5. The second-order valence-electron chi connectivity index (χ2n) is 8.54. The molecule has 0 bridgehead atoms. The molecule has 3 aliphatic rings. The Balaban J connectivity index is 1.37. The van der Waals surface area contributed by atoms with E-state index in [9.17, 15) is 13.2 Å². The number of amides is 1. The number of rotatable bonds is 5. The van der Waals surface area contributed by atoms with Gasteiger partial charge in [0.15, 0.2) is 9.84 Å². The summed E-state index contributed by atoms with van der Waals surface area (Å²) >= 11 is 6.11. The smallest absolute Gasteiger partial charge is 0.237 e. The third-order valence-corrected chi connectivity index (χ3v) is 8.50. The third-order valence-electron chi connectivity index (χ3n) is 6.51. The van der Waals surface area contributed by atoms with E-state index in [-0.39, 0.29) is 29.5 Å². The first-order valence-corrected chi connectivity index (χ1v) is 12.9. The van der Waals surface area contributed by atoms with E-state index in [1.807, 2.05) is 23.1 Å². The number of hydrogen-bond donors (Lipinski definition) is 0. The minimum absolute atomic E-state index is 0.107. The van der Waals surface area contributed by atoms with Crippen LogP contribution in [0.4, 0.5) is 5.69 Å². The van der Waals surface area contributed by atoms with E-state index >= 15 is 0 Å². The van der Waals surface area contributed by atoms with Crippen LogP contribution in [0.3, 0.4) is 0 Å². The van der Waals surface area contributed by atoms with E-state index in [0.29, 0.717) is 13.0 Å². The molecule has 1 saturated carbocycles. The van der Waals surface area contributed by atoms with Crippen molar-refractivity contribution in [1.29, 1.82) is 0 Å². The number of nitrogens with zero attached hydrogens (tertiary/aromatic N) is 3. The topological polar surface area (TPSA) is 60.9 Å². The van der Waals surface area contributed by atoms with Crippen LogP contribution in [0.15, 0.2) is 24.3 Å². The molecule has 0 radical (unpaired) electrons. The molecular formula is C21H30ClN3O3S. The summed E-state index contributed by atoms with van der Waals surface area (Å²) in [6.45, 7) is 3.74. The molecule has 1 aromatic carbocycles. The normalized spacial score (nSPS) is 25.4. The van der Waals surface area contributed by atoms with Crippen molar-refractivity contribution in [2.24, 2.45) is 0 Å². The molecule has 1 amide bonds. The van der Waals surface area contributed by atoms with Gasteiger partial charge in [-0.1, -0.05) is 30.5 Å². The summed E-state index contributed by atoms with van der Waals surface area (Å²) in [4.78, 5) is 19.7. The monoisotopic (exact) mass is 439 g/mol. The van der Waals surface area contributed by atoms with Gasteiger partial charge in [-0.2, -0.15) is 0 Å². The van der Waals surface area contributed by atoms with Crippen LogP contribution in [0.5, 0.6) is 0 Å². The van der Waals surface area contributed by atoms with Crippen molar-refractivity contribution in [1.82, 2.24) is 9.80 Å². The van der Waals surface area contributed by atoms with E-state index in [2.05, 4.69) is 15.9 Å². The molecule has 1 aromatic rings. The van der Waals surface area contributed by atoms with Crippen molar-refractivity contribution in [3.63, 3.8) is 0 Å². The predicted molar refractivity (Wildman–Crippen MR) is 116 cm³/mol. The maximum absolute atomic E-state index is 13.3. The van der Waals surface area contributed by atoms with Crippen molar-refractivity contribution >= 4 is 33.0 Å². The summed E-state index contributed by atoms with van der Waals surface area (Å²) < 4.78 is 24.0. The van der Waals surface area contributed by atoms with Crippen LogP contribution in [0, 0.1) is 0 Å². The number of carbonyl (C=O) groups is 1. The lowest BCUT2D eigenvalue weighted by Crippen LogP contribution is -2.54. The maximum atomic E-state index is 13.3. The number of piperazine rings is 1. The van der Waals surface area contributed by atoms with Crippen LogP contribution in [-0.2, 0) is 14.6 Å². The fourth-order valence-corrected chi connectivity index (χ4v) is 6.89. The largest absolute Gasteiger partial charge is 0.369 e. The molecule has 0 spiro atoms. The first-order chi connectivity index (χ1) is 13.9. The zero-order valence-corrected chi connectivity index (χ0v) is 18.4. The number of sulfone groups is 1. The quantitative estimate of drug-likeness (QED) is 0.705. The average molecular weight is 440 g/mol. The molecular weight excluding hydrogens is 410 g/mol.